The molecule has 3 N–H and O–H groups in total. The molecule has 0 spiro atoms. The number of imidazole rings is 2. The Labute approximate surface area is 164 Å². The van der Waals surface area contributed by atoms with E-state index in [0.717, 1.165) is 5.56 Å². The molecular formula is C19H19N5O5. The average Bonchev–Trinajstić information content (AvgIpc) is 3.45. The summed E-state index contributed by atoms with van der Waals surface area (Å²) in [4.78, 5) is 13.1. The zero-order valence-corrected chi connectivity index (χ0v) is 15.2. The second-order valence-corrected chi connectivity index (χ2v) is 6.84. The van der Waals surface area contributed by atoms with Gasteiger partial charge in [-0.05, 0) is 5.56 Å². The van der Waals surface area contributed by atoms with Crippen molar-refractivity contribution in [3.05, 3.63) is 54.6 Å². The van der Waals surface area contributed by atoms with E-state index in [9.17, 15) is 15.3 Å². The number of ether oxygens (including phenoxy) is 2. The Hall–Kier alpha value is -3.05. The van der Waals surface area contributed by atoms with Gasteiger partial charge in [0.1, 0.15) is 24.9 Å². The van der Waals surface area contributed by atoms with Gasteiger partial charge in [0.2, 0.25) is 11.7 Å². The molecule has 0 bridgehead atoms. The molecule has 1 aromatic carbocycles. The van der Waals surface area contributed by atoms with Gasteiger partial charge in [-0.3, -0.25) is 8.97 Å². The van der Waals surface area contributed by atoms with Crippen LogP contribution in [0.25, 0.3) is 16.9 Å². The monoisotopic (exact) mass is 397 g/mol. The molecule has 0 saturated carbocycles. The largest absolute Gasteiger partial charge is 0.471 e. The van der Waals surface area contributed by atoms with E-state index in [-0.39, 0.29) is 0 Å². The van der Waals surface area contributed by atoms with Crippen molar-refractivity contribution in [2.45, 2.75) is 31.1 Å². The zero-order valence-electron chi connectivity index (χ0n) is 15.2. The lowest BCUT2D eigenvalue weighted by atomic mass is 10.1. The SMILES string of the molecule is OC[C@H]1O[C@@H](n2cnc3c(OCc4ccccc4)nc4nccn4c32)C(O)[C@H]1O. The van der Waals surface area contributed by atoms with Crippen LogP contribution in [-0.2, 0) is 11.3 Å². The third kappa shape index (κ3) is 2.93. The second-order valence-electron chi connectivity index (χ2n) is 6.84. The molecule has 5 rings (SSSR count). The predicted molar refractivity (Wildman–Crippen MR) is 100 cm³/mol. The first kappa shape index (κ1) is 18.0. The highest BCUT2D eigenvalue weighted by Gasteiger charge is 2.44. The minimum absolute atomic E-state index is 0.299. The molecule has 3 aromatic heterocycles. The van der Waals surface area contributed by atoms with Gasteiger partial charge in [0, 0.05) is 12.4 Å². The third-order valence-corrected chi connectivity index (χ3v) is 5.03. The maximum atomic E-state index is 10.4. The van der Waals surface area contributed by atoms with Crippen LogP contribution in [0.2, 0.25) is 0 Å². The summed E-state index contributed by atoms with van der Waals surface area (Å²) in [6, 6.07) is 9.68. The van der Waals surface area contributed by atoms with Crippen molar-refractivity contribution in [3.8, 4) is 5.88 Å². The van der Waals surface area contributed by atoms with Gasteiger partial charge >= 0.3 is 0 Å². The van der Waals surface area contributed by atoms with Gasteiger partial charge in [-0.1, -0.05) is 30.3 Å². The van der Waals surface area contributed by atoms with Crippen LogP contribution in [0.5, 0.6) is 5.88 Å². The first-order valence-corrected chi connectivity index (χ1v) is 9.16. The molecule has 0 aliphatic carbocycles. The summed E-state index contributed by atoms with van der Waals surface area (Å²) < 4.78 is 14.9. The molecule has 150 valence electrons. The lowest BCUT2D eigenvalue weighted by Crippen LogP contribution is -2.33. The molecule has 0 amide bonds. The van der Waals surface area contributed by atoms with Crippen molar-refractivity contribution in [1.82, 2.24) is 23.9 Å². The van der Waals surface area contributed by atoms with Gasteiger partial charge in [0.25, 0.3) is 0 Å². The number of fused-ring (bicyclic) bond motifs is 3. The molecule has 29 heavy (non-hydrogen) atoms. The molecule has 1 aliphatic rings. The van der Waals surface area contributed by atoms with E-state index >= 15 is 0 Å². The van der Waals surface area contributed by atoms with E-state index in [0.29, 0.717) is 29.4 Å². The lowest BCUT2D eigenvalue weighted by molar-refractivity contribution is -0.0511. The summed E-state index contributed by atoms with van der Waals surface area (Å²) in [6.07, 6.45) is 0.536. The topological polar surface area (TPSA) is 127 Å². The van der Waals surface area contributed by atoms with Crippen LogP contribution < -0.4 is 4.74 Å². The second kappa shape index (κ2) is 7.08. The number of rotatable bonds is 5. The molecular weight excluding hydrogens is 378 g/mol. The molecule has 4 aromatic rings. The highest BCUT2D eigenvalue weighted by molar-refractivity contribution is 5.79. The van der Waals surface area contributed by atoms with Crippen molar-refractivity contribution >= 4 is 16.9 Å². The summed E-state index contributed by atoms with van der Waals surface area (Å²) >= 11 is 0. The number of nitrogens with zero attached hydrogens (tertiary/aromatic N) is 5. The van der Waals surface area contributed by atoms with E-state index < -0.39 is 31.1 Å². The number of hydrogen-bond acceptors (Lipinski definition) is 8. The van der Waals surface area contributed by atoms with E-state index in [1.54, 1.807) is 21.4 Å². The van der Waals surface area contributed by atoms with E-state index in [1.807, 2.05) is 30.3 Å². The minimum atomic E-state index is -1.23. The number of hydrogen-bond donors (Lipinski definition) is 3. The molecule has 1 fully saturated rings. The Kier molecular flexibility index (Phi) is 4.40. The smallest absolute Gasteiger partial charge is 0.247 e. The Morgan fingerprint density at radius 1 is 1.10 bits per heavy atom. The van der Waals surface area contributed by atoms with E-state index in [1.165, 1.54) is 6.33 Å². The molecule has 1 saturated heterocycles. The zero-order chi connectivity index (χ0) is 20.0. The maximum absolute atomic E-state index is 10.4. The van der Waals surface area contributed by atoms with Gasteiger partial charge in [0.05, 0.1) is 12.9 Å². The Bertz CT molecular complexity index is 1140. The molecule has 1 unspecified atom stereocenters. The lowest BCUT2D eigenvalue weighted by Gasteiger charge is -2.17. The normalized spacial score (nSPS) is 24.5. The number of aliphatic hydroxyl groups is 3. The fourth-order valence-electron chi connectivity index (χ4n) is 3.55. The first-order chi connectivity index (χ1) is 14.2. The fraction of sp³-hybridized carbons (Fsp3) is 0.316. The summed E-state index contributed by atoms with van der Waals surface area (Å²) in [7, 11) is 0. The Morgan fingerprint density at radius 3 is 2.69 bits per heavy atom. The van der Waals surface area contributed by atoms with E-state index in [2.05, 4.69) is 15.0 Å². The Morgan fingerprint density at radius 2 is 1.93 bits per heavy atom. The summed E-state index contributed by atoms with van der Waals surface area (Å²) in [5.74, 6) is 0.696. The highest BCUT2D eigenvalue weighted by Crippen LogP contribution is 2.33. The predicted octanol–water partition coefficient (Wildman–Crippen LogP) is 0.269. The molecule has 4 heterocycles. The van der Waals surface area contributed by atoms with Crippen molar-refractivity contribution < 1.29 is 24.8 Å². The minimum Gasteiger partial charge on any atom is -0.471 e. The van der Waals surface area contributed by atoms with Crippen molar-refractivity contribution in [3.63, 3.8) is 0 Å². The molecule has 4 atom stereocenters. The third-order valence-electron chi connectivity index (χ3n) is 5.03. The Balaban J connectivity index is 1.58. The standard InChI is InChI=1S/C19H19N5O5/c25-8-12-14(26)15(27)18(29-12)24-10-21-13-16(28-9-11-4-2-1-3-5-11)22-19-20-6-7-23(19)17(13)24/h1-7,10,12,14-15,18,25-27H,8-9H2/t12-,14+,15?,18-/m1/s1. The van der Waals surface area contributed by atoms with Crippen molar-refractivity contribution in [1.29, 1.82) is 0 Å². The number of benzene rings is 1. The van der Waals surface area contributed by atoms with Crippen LogP contribution >= 0.6 is 0 Å². The number of aromatic nitrogens is 5. The van der Waals surface area contributed by atoms with Crippen LogP contribution in [-0.4, -0.2) is 64.2 Å². The van der Waals surface area contributed by atoms with Gasteiger partial charge in [-0.2, -0.15) is 4.98 Å². The van der Waals surface area contributed by atoms with Gasteiger partial charge < -0.3 is 24.8 Å². The van der Waals surface area contributed by atoms with Crippen LogP contribution in [0.4, 0.5) is 0 Å². The molecule has 10 nitrogen and oxygen atoms in total. The summed E-state index contributed by atoms with van der Waals surface area (Å²) in [6.45, 7) is -0.102. The van der Waals surface area contributed by atoms with Crippen LogP contribution in [0, 0.1) is 0 Å². The molecule has 0 radical (unpaired) electrons. The van der Waals surface area contributed by atoms with Crippen LogP contribution in [0.1, 0.15) is 11.8 Å². The highest BCUT2D eigenvalue weighted by atomic mass is 16.6. The quantitative estimate of drug-likeness (QED) is 0.438. The maximum Gasteiger partial charge on any atom is 0.247 e. The van der Waals surface area contributed by atoms with Gasteiger partial charge in [0.15, 0.2) is 17.4 Å². The first-order valence-electron chi connectivity index (χ1n) is 9.16. The van der Waals surface area contributed by atoms with Crippen LogP contribution in [0.15, 0.2) is 49.1 Å². The van der Waals surface area contributed by atoms with Crippen molar-refractivity contribution in [2.75, 3.05) is 6.61 Å². The molecule has 10 heteroatoms. The average molecular weight is 397 g/mol. The van der Waals surface area contributed by atoms with Gasteiger partial charge in [-0.15, -0.1) is 0 Å². The van der Waals surface area contributed by atoms with E-state index in [4.69, 9.17) is 9.47 Å². The summed E-state index contributed by atoms with van der Waals surface area (Å²) in [5.41, 5.74) is 1.99. The van der Waals surface area contributed by atoms with Crippen molar-refractivity contribution in [2.24, 2.45) is 0 Å². The number of aliphatic hydroxyl groups excluding tert-OH is 3. The van der Waals surface area contributed by atoms with Gasteiger partial charge in [-0.25, -0.2) is 9.97 Å². The molecule has 1 aliphatic heterocycles. The summed E-state index contributed by atoms with van der Waals surface area (Å²) in [5, 5.41) is 29.9. The fourth-order valence-corrected chi connectivity index (χ4v) is 3.55. The van der Waals surface area contributed by atoms with Crippen LogP contribution in [0.3, 0.4) is 0 Å².